The van der Waals surface area contributed by atoms with Crippen molar-refractivity contribution in [2.75, 3.05) is 52.5 Å². The zero-order valence-corrected chi connectivity index (χ0v) is 14.6. The topological polar surface area (TPSA) is 15.7 Å². The first-order valence-corrected chi connectivity index (χ1v) is 9.41. The van der Waals surface area contributed by atoms with Crippen LogP contribution in [0, 0.1) is 17.8 Å². The summed E-state index contributed by atoms with van der Waals surface area (Å²) in [5, 5.41) is 0. The van der Waals surface area contributed by atoms with Gasteiger partial charge in [0.1, 0.15) is 0 Å². The molecule has 1 aliphatic carbocycles. The van der Waals surface area contributed by atoms with Crippen molar-refractivity contribution in [1.82, 2.24) is 9.80 Å². The zero-order valence-electron chi connectivity index (χ0n) is 14.6. The number of allylic oxidation sites excluding steroid dienone is 1. The number of ether oxygens (including phenoxy) is 1. The van der Waals surface area contributed by atoms with Gasteiger partial charge in [-0.1, -0.05) is 18.6 Å². The number of hydrogen-bond acceptors (Lipinski definition) is 3. The van der Waals surface area contributed by atoms with Crippen LogP contribution in [0.2, 0.25) is 0 Å². The van der Waals surface area contributed by atoms with E-state index >= 15 is 0 Å². The molecule has 22 heavy (non-hydrogen) atoms. The second kappa shape index (κ2) is 7.94. The van der Waals surface area contributed by atoms with Crippen molar-refractivity contribution >= 4 is 0 Å². The maximum absolute atomic E-state index is 5.48. The Bertz CT molecular complexity index is 368. The van der Waals surface area contributed by atoms with Gasteiger partial charge in [-0.15, -0.1) is 0 Å². The first-order valence-electron chi connectivity index (χ1n) is 9.41. The summed E-state index contributed by atoms with van der Waals surface area (Å²) in [6.45, 7) is 14.4. The van der Waals surface area contributed by atoms with E-state index in [2.05, 4.69) is 29.7 Å². The molecule has 3 aliphatic rings. The van der Waals surface area contributed by atoms with E-state index in [-0.39, 0.29) is 0 Å². The van der Waals surface area contributed by atoms with Crippen molar-refractivity contribution in [3.05, 3.63) is 11.6 Å². The van der Waals surface area contributed by atoms with Gasteiger partial charge in [0.15, 0.2) is 0 Å². The van der Waals surface area contributed by atoms with Crippen LogP contribution in [0.5, 0.6) is 0 Å². The highest BCUT2D eigenvalue weighted by atomic mass is 16.5. The summed E-state index contributed by atoms with van der Waals surface area (Å²) in [5.41, 5.74) is 1.64. The molecule has 0 saturated carbocycles. The average Bonchev–Trinajstić information content (AvgIpc) is 2.54. The van der Waals surface area contributed by atoms with Crippen LogP contribution in [-0.4, -0.2) is 62.3 Å². The maximum Gasteiger partial charge on any atom is 0.0469 e. The van der Waals surface area contributed by atoms with Gasteiger partial charge in [0.05, 0.1) is 0 Å². The number of rotatable bonds is 4. The number of piperazine rings is 1. The summed E-state index contributed by atoms with van der Waals surface area (Å²) in [5.74, 6) is 2.55. The molecule has 0 aromatic rings. The predicted octanol–water partition coefficient (Wildman–Crippen LogP) is 3.02. The van der Waals surface area contributed by atoms with Crippen LogP contribution >= 0.6 is 0 Å². The van der Waals surface area contributed by atoms with Crippen LogP contribution in [0.4, 0.5) is 0 Å². The predicted molar refractivity (Wildman–Crippen MR) is 92.1 cm³/mol. The Hall–Kier alpha value is -0.380. The normalized spacial score (nSPS) is 32.9. The van der Waals surface area contributed by atoms with Gasteiger partial charge in [0.25, 0.3) is 0 Å². The van der Waals surface area contributed by atoms with Gasteiger partial charge in [-0.3, -0.25) is 0 Å². The summed E-state index contributed by atoms with van der Waals surface area (Å²) in [6, 6.07) is 0. The highest BCUT2D eigenvalue weighted by Crippen LogP contribution is 2.31. The summed E-state index contributed by atoms with van der Waals surface area (Å²) >= 11 is 0. The molecule has 2 saturated heterocycles. The molecule has 3 heteroatoms. The van der Waals surface area contributed by atoms with Gasteiger partial charge < -0.3 is 14.5 Å². The largest absolute Gasteiger partial charge is 0.381 e. The van der Waals surface area contributed by atoms with Crippen molar-refractivity contribution in [1.29, 1.82) is 0 Å². The maximum atomic E-state index is 5.48. The monoisotopic (exact) mass is 306 g/mol. The third-order valence-electron chi connectivity index (χ3n) is 6.14. The molecule has 126 valence electrons. The van der Waals surface area contributed by atoms with Crippen LogP contribution in [0.1, 0.15) is 39.5 Å². The first-order chi connectivity index (χ1) is 10.7. The molecule has 0 amide bonds. The summed E-state index contributed by atoms with van der Waals surface area (Å²) in [7, 11) is 0. The van der Waals surface area contributed by atoms with Crippen LogP contribution in [-0.2, 0) is 4.74 Å². The molecule has 2 fully saturated rings. The smallest absolute Gasteiger partial charge is 0.0469 e. The molecule has 0 aromatic heterocycles. The Labute approximate surface area is 136 Å². The van der Waals surface area contributed by atoms with Gasteiger partial charge >= 0.3 is 0 Å². The fourth-order valence-corrected chi connectivity index (χ4v) is 4.43. The fourth-order valence-electron chi connectivity index (χ4n) is 4.43. The van der Waals surface area contributed by atoms with Crippen molar-refractivity contribution in [2.45, 2.75) is 39.5 Å². The van der Waals surface area contributed by atoms with Crippen molar-refractivity contribution < 1.29 is 4.74 Å². The molecule has 2 heterocycles. The zero-order chi connectivity index (χ0) is 15.4. The van der Waals surface area contributed by atoms with E-state index < -0.39 is 0 Å². The minimum absolute atomic E-state index is 0.802. The average molecular weight is 306 g/mol. The molecule has 2 aliphatic heterocycles. The van der Waals surface area contributed by atoms with Crippen LogP contribution < -0.4 is 0 Å². The van der Waals surface area contributed by atoms with Crippen LogP contribution in [0.3, 0.4) is 0 Å². The molecule has 0 N–H and O–H groups in total. The summed E-state index contributed by atoms with van der Waals surface area (Å²) < 4.78 is 5.48. The summed E-state index contributed by atoms with van der Waals surface area (Å²) in [4.78, 5) is 5.41. The quantitative estimate of drug-likeness (QED) is 0.743. The van der Waals surface area contributed by atoms with Crippen molar-refractivity contribution in [3.8, 4) is 0 Å². The van der Waals surface area contributed by atoms with E-state index in [0.29, 0.717) is 0 Å². The van der Waals surface area contributed by atoms with Gasteiger partial charge in [-0.05, 0) is 50.4 Å². The molecule has 0 spiro atoms. The molecule has 2 unspecified atom stereocenters. The number of nitrogens with zero attached hydrogens (tertiary/aromatic N) is 2. The van der Waals surface area contributed by atoms with Crippen molar-refractivity contribution in [2.24, 2.45) is 17.8 Å². The van der Waals surface area contributed by atoms with Crippen molar-refractivity contribution in [3.63, 3.8) is 0 Å². The summed E-state index contributed by atoms with van der Waals surface area (Å²) in [6.07, 6.45) is 7.69. The van der Waals surface area contributed by atoms with Gasteiger partial charge in [0, 0.05) is 52.5 Å². The Kier molecular flexibility index (Phi) is 5.95. The van der Waals surface area contributed by atoms with E-state index in [4.69, 9.17) is 4.74 Å². The molecular weight excluding hydrogens is 272 g/mol. The van der Waals surface area contributed by atoms with Gasteiger partial charge in [-0.25, -0.2) is 0 Å². The van der Waals surface area contributed by atoms with E-state index in [1.807, 2.05) is 0 Å². The molecule has 3 nitrogen and oxygen atoms in total. The Morgan fingerprint density at radius 3 is 2.27 bits per heavy atom. The molecule has 0 bridgehead atoms. The molecule has 0 aromatic carbocycles. The molecular formula is C19H34N2O. The van der Waals surface area contributed by atoms with E-state index in [1.54, 1.807) is 5.57 Å². The lowest BCUT2D eigenvalue weighted by molar-refractivity contribution is 0.0401. The SMILES string of the molecule is CC1=CCCC(C)C1CN1CCN(CC2CCOCC2)CC1. The fraction of sp³-hybridized carbons (Fsp3) is 0.895. The lowest BCUT2D eigenvalue weighted by Crippen LogP contribution is -2.49. The van der Waals surface area contributed by atoms with Gasteiger partial charge in [0.2, 0.25) is 0 Å². The number of hydrogen-bond donors (Lipinski definition) is 0. The third-order valence-corrected chi connectivity index (χ3v) is 6.14. The Morgan fingerprint density at radius 1 is 1.00 bits per heavy atom. The lowest BCUT2D eigenvalue weighted by Gasteiger charge is -2.40. The molecule has 2 atom stereocenters. The van der Waals surface area contributed by atoms with E-state index in [0.717, 1.165) is 31.0 Å². The standard InChI is InChI=1S/C19H34N2O/c1-16-4-3-5-17(2)19(16)15-21-10-8-20(9-11-21)14-18-6-12-22-13-7-18/h4,17-19H,3,5-15H2,1-2H3. The van der Waals surface area contributed by atoms with E-state index in [1.165, 1.54) is 65.0 Å². The first kappa shape index (κ1) is 16.5. The second-order valence-electron chi connectivity index (χ2n) is 7.77. The Balaban J connectivity index is 1.41. The minimum atomic E-state index is 0.802. The van der Waals surface area contributed by atoms with Crippen LogP contribution in [0.25, 0.3) is 0 Å². The molecule has 0 radical (unpaired) electrons. The highest BCUT2D eigenvalue weighted by molar-refractivity contribution is 5.09. The van der Waals surface area contributed by atoms with Crippen LogP contribution in [0.15, 0.2) is 11.6 Å². The highest BCUT2D eigenvalue weighted by Gasteiger charge is 2.27. The lowest BCUT2D eigenvalue weighted by atomic mass is 9.79. The Morgan fingerprint density at radius 2 is 1.64 bits per heavy atom. The third kappa shape index (κ3) is 4.33. The second-order valence-corrected chi connectivity index (χ2v) is 7.77. The van der Waals surface area contributed by atoms with E-state index in [9.17, 15) is 0 Å². The van der Waals surface area contributed by atoms with Gasteiger partial charge in [-0.2, -0.15) is 0 Å². The minimum Gasteiger partial charge on any atom is -0.381 e. The molecule has 3 rings (SSSR count).